The van der Waals surface area contributed by atoms with E-state index in [1.165, 1.54) is 23.2 Å². The van der Waals surface area contributed by atoms with Crippen molar-refractivity contribution in [1.82, 2.24) is 9.88 Å². The summed E-state index contributed by atoms with van der Waals surface area (Å²) in [5.74, 6) is -0.146. The number of rotatable bonds is 3. The number of amides is 2. The van der Waals surface area contributed by atoms with E-state index in [9.17, 15) is 14.7 Å². The second-order valence-electron chi connectivity index (χ2n) is 4.21. The van der Waals surface area contributed by atoms with E-state index in [2.05, 4.69) is 9.72 Å². The molecule has 0 aromatic carbocycles. The van der Waals surface area contributed by atoms with Gasteiger partial charge in [-0.1, -0.05) is 0 Å². The highest BCUT2D eigenvalue weighted by Gasteiger charge is 2.28. The van der Waals surface area contributed by atoms with Gasteiger partial charge >= 0.3 is 6.09 Å². The van der Waals surface area contributed by atoms with E-state index in [4.69, 9.17) is 10.5 Å². The van der Waals surface area contributed by atoms with Gasteiger partial charge in [0.1, 0.15) is 5.69 Å². The van der Waals surface area contributed by atoms with Gasteiger partial charge in [-0.15, -0.1) is 0 Å². The Bertz CT molecular complexity index is 490. The maximum absolute atomic E-state index is 12.3. The van der Waals surface area contributed by atoms with Crippen molar-refractivity contribution in [2.75, 3.05) is 26.4 Å². The van der Waals surface area contributed by atoms with Crippen LogP contribution in [0.2, 0.25) is 0 Å². The first-order valence-corrected chi connectivity index (χ1v) is 6.04. The van der Waals surface area contributed by atoms with Crippen LogP contribution in [0.4, 0.5) is 4.79 Å². The predicted octanol–water partition coefficient (Wildman–Crippen LogP) is -0.628. The molecule has 8 nitrogen and oxygen atoms in total. The molecule has 1 atom stereocenters. The Labute approximate surface area is 115 Å². The van der Waals surface area contributed by atoms with E-state index in [-0.39, 0.29) is 30.0 Å². The third-order valence-electron chi connectivity index (χ3n) is 2.87. The lowest BCUT2D eigenvalue weighted by Gasteiger charge is -2.34. The van der Waals surface area contributed by atoms with Gasteiger partial charge in [-0.25, -0.2) is 9.78 Å². The molecule has 2 amide bonds. The van der Waals surface area contributed by atoms with E-state index in [1.807, 2.05) is 0 Å². The number of nitrogens with zero attached hydrogens (tertiary/aromatic N) is 2. The molecule has 8 heteroatoms. The average Bonchev–Trinajstić information content (AvgIpc) is 2.46. The fraction of sp³-hybridized carbons (Fsp3) is 0.417. The summed E-state index contributed by atoms with van der Waals surface area (Å²) in [6.45, 7) is 0.941. The molecule has 0 bridgehead atoms. The number of nitrogens with two attached hydrogens (primary N) is 1. The van der Waals surface area contributed by atoms with Crippen molar-refractivity contribution < 1.29 is 24.2 Å². The Hall–Kier alpha value is -2.19. The van der Waals surface area contributed by atoms with Gasteiger partial charge in [0.25, 0.3) is 5.91 Å². The molecule has 0 spiro atoms. The Morgan fingerprint density at radius 3 is 2.95 bits per heavy atom. The molecular weight excluding hydrogens is 266 g/mol. The zero-order valence-corrected chi connectivity index (χ0v) is 10.7. The minimum atomic E-state index is -0.945. The molecule has 2 heterocycles. The number of aliphatic hydroxyl groups excluding tert-OH is 1. The Morgan fingerprint density at radius 1 is 1.55 bits per heavy atom. The molecule has 1 aliphatic rings. The molecule has 1 aromatic heterocycles. The largest absolute Gasteiger partial charge is 0.410 e. The molecule has 1 aliphatic heterocycles. The number of carbonyl (C=O) groups excluding carboxylic acids is 2. The summed E-state index contributed by atoms with van der Waals surface area (Å²) in [7, 11) is 0. The van der Waals surface area contributed by atoms with E-state index < -0.39 is 6.09 Å². The second kappa shape index (κ2) is 6.31. The van der Waals surface area contributed by atoms with Gasteiger partial charge < -0.3 is 25.2 Å². The molecule has 0 radical (unpaired) electrons. The van der Waals surface area contributed by atoms with Crippen LogP contribution in [-0.4, -0.2) is 59.4 Å². The van der Waals surface area contributed by atoms with Crippen LogP contribution in [-0.2, 0) is 4.74 Å². The molecule has 1 saturated heterocycles. The first kappa shape index (κ1) is 14.2. The number of aromatic nitrogens is 1. The van der Waals surface area contributed by atoms with E-state index in [0.29, 0.717) is 19.8 Å². The highest BCUT2D eigenvalue weighted by Crippen LogP contribution is 2.14. The topological polar surface area (TPSA) is 115 Å². The lowest BCUT2D eigenvalue weighted by atomic mass is 10.2. The minimum Gasteiger partial charge on any atom is -0.409 e. The molecule has 108 valence electrons. The summed E-state index contributed by atoms with van der Waals surface area (Å²) in [5, 5.41) is 9.23. The summed E-state index contributed by atoms with van der Waals surface area (Å²) in [6, 6.07) is 2.49. The van der Waals surface area contributed by atoms with Crippen molar-refractivity contribution in [3.63, 3.8) is 0 Å². The van der Waals surface area contributed by atoms with Crippen molar-refractivity contribution in [1.29, 1.82) is 0 Å². The number of hydrogen-bond acceptors (Lipinski definition) is 6. The Morgan fingerprint density at radius 2 is 2.35 bits per heavy atom. The summed E-state index contributed by atoms with van der Waals surface area (Å²) >= 11 is 0. The third kappa shape index (κ3) is 3.22. The van der Waals surface area contributed by atoms with Crippen LogP contribution in [0.1, 0.15) is 10.5 Å². The van der Waals surface area contributed by atoms with Gasteiger partial charge in [0.15, 0.2) is 5.75 Å². The van der Waals surface area contributed by atoms with Crippen molar-refractivity contribution in [3.05, 3.63) is 24.0 Å². The number of morpholine rings is 1. The molecular formula is C12H15N3O5. The second-order valence-corrected chi connectivity index (χ2v) is 4.21. The van der Waals surface area contributed by atoms with Crippen molar-refractivity contribution in [2.45, 2.75) is 6.04 Å². The highest BCUT2D eigenvalue weighted by molar-refractivity contribution is 5.92. The maximum Gasteiger partial charge on any atom is 0.410 e. The Balaban J connectivity index is 2.09. The van der Waals surface area contributed by atoms with Gasteiger partial charge in [0.05, 0.1) is 32.1 Å². The molecule has 0 aliphatic carbocycles. The first-order valence-electron chi connectivity index (χ1n) is 6.04. The Kier molecular flexibility index (Phi) is 4.49. The van der Waals surface area contributed by atoms with Crippen LogP contribution in [0.3, 0.4) is 0 Å². The fourth-order valence-electron chi connectivity index (χ4n) is 1.90. The van der Waals surface area contributed by atoms with Crippen molar-refractivity contribution >= 4 is 12.0 Å². The number of carbonyl (C=O) groups is 2. The van der Waals surface area contributed by atoms with Gasteiger partial charge in [0, 0.05) is 6.54 Å². The lowest BCUT2D eigenvalue weighted by Crippen LogP contribution is -2.50. The molecule has 1 aromatic rings. The van der Waals surface area contributed by atoms with Crippen LogP contribution in [0.25, 0.3) is 0 Å². The SMILES string of the molecule is NC(=O)Oc1ccc(C(=O)N2CCOC[C@@H]2CO)nc1. The summed E-state index contributed by atoms with van der Waals surface area (Å²) in [5.41, 5.74) is 5.07. The molecule has 0 saturated carbocycles. The van der Waals surface area contributed by atoms with Gasteiger partial charge in [0.2, 0.25) is 0 Å². The molecule has 20 heavy (non-hydrogen) atoms. The number of aliphatic hydroxyl groups is 1. The quantitative estimate of drug-likeness (QED) is 0.762. The van der Waals surface area contributed by atoms with Gasteiger partial charge in [-0.3, -0.25) is 4.79 Å². The normalized spacial score (nSPS) is 18.6. The number of ether oxygens (including phenoxy) is 2. The summed E-state index contributed by atoms with van der Waals surface area (Å²) in [4.78, 5) is 28.3. The van der Waals surface area contributed by atoms with E-state index >= 15 is 0 Å². The zero-order chi connectivity index (χ0) is 14.5. The minimum absolute atomic E-state index is 0.162. The summed E-state index contributed by atoms with van der Waals surface area (Å²) < 4.78 is 9.83. The zero-order valence-electron chi connectivity index (χ0n) is 10.7. The van der Waals surface area contributed by atoms with Crippen LogP contribution < -0.4 is 10.5 Å². The lowest BCUT2D eigenvalue weighted by molar-refractivity contribution is -0.0186. The predicted molar refractivity (Wildman–Crippen MR) is 67.2 cm³/mol. The van der Waals surface area contributed by atoms with Gasteiger partial charge in [-0.2, -0.15) is 0 Å². The molecule has 3 N–H and O–H groups in total. The summed E-state index contributed by atoms with van der Waals surface area (Å²) in [6.07, 6.45) is 0.297. The number of hydrogen-bond donors (Lipinski definition) is 2. The van der Waals surface area contributed by atoms with Crippen molar-refractivity contribution in [2.24, 2.45) is 5.73 Å². The first-order chi connectivity index (χ1) is 9.61. The number of pyridine rings is 1. The highest BCUT2D eigenvalue weighted by atomic mass is 16.5. The third-order valence-corrected chi connectivity index (χ3v) is 2.87. The van der Waals surface area contributed by atoms with Crippen LogP contribution >= 0.6 is 0 Å². The number of primary amides is 1. The standard InChI is InChI=1S/C12H15N3O5/c13-12(18)20-9-1-2-10(14-5-9)11(17)15-3-4-19-7-8(15)6-16/h1-2,5,8,16H,3-4,6-7H2,(H2,13,18)/t8-/m0/s1. The maximum atomic E-state index is 12.3. The van der Waals surface area contributed by atoms with Crippen LogP contribution in [0, 0.1) is 0 Å². The van der Waals surface area contributed by atoms with Crippen LogP contribution in [0.15, 0.2) is 18.3 Å². The molecule has 0 unspecified atom stereocenters. The fourth-order valence-corrected chi connectivity index (χ4v) is 1.90. The smallest absolute Gasteiger partial charge is 0.409 e. The van der Waals surface area contributed by atoms with Crippen LogP contribution in [0.5, 0.6) is 5.75 Å². The van der Waals surface area contributed by atoms with E-state index in [1.54, 1.807) is 0 Å². The molecule has 1 fully saturated rings. The molecule has 2 rings (SSSR count). The van der Waals surface area contributed by atoms with Crippen molar-refractivity contribution in [3.8, 4) is 5.75 Å². The van der Waals surface area contributed by atoms with E-state index in [0.717, 1.165) is 0 Å². The average molecular weight is 281 g/mol. The monoisotopic (exact) mass is 281 g/mol. The van der Waals surface area contributed by atoms with Gasteiger partial charge in [-0.05, 0) is 12.1 Å².